The fourth-order valence-electron chi connectivity index (χ4n) is 4.11. The number of esters is 1. The lowest BCUT2D eigenvalue weighted by Gasteiger charge is -2.36. The Morgan fingerprint density at radius 3 is 2.12 bits per heavy atom. The van der Waals surface area contributed by atoms with Crippen LogP contribution in [0.5, 0.6) is 0 Å². The minimum Gasteiger partial charge on any atom is -0.467 e. The maximum atomic E-state index is 12.8. The molecule has 1 fully saturated rings. The van der Waals surface area contributed by atoms with E-state index in [0.29, 0.717) is 25.9 Å². The number of anilines is 1. The van der Waals surface area contributed by atoms with Crippen molar-refractivity contribution in [1.29, 1.82) is 0 Å². The minimum absolute atomic E-state index is 0.0665. The van der Waals surface area contributed by atoms with E-state index in [0.717, 1.165) is 18.7 Å². The van der Waals surface area contributed by atoms with Crippen molar-refractivity contribution in [3.05, 3.63) is 66.2 Å². The van der Waals surface area contributed by atoms with Crippen LogP contribution >= 0.6 is 0 Å². The molecule has 0 spiro atoms. The Bertz CT molecular complexity index is 912. The van der Waals surface area contributed by atoms with Gasteiger partial charge in [0.05, 0.1) is 7.11 Å². The second kappa shape index (κ2) is 12.0. The monoisotopic (exact) mass is 451 g/mol. The molecule has 1 heterocycles. The topological polar surface area (TPSA) is 78.9 Å². The van der Waals surface area contributed by atoms with Crippen LogP contribution in [0.4, 0.5) is 5.69 Å². The number of nitrogens with one attached hydrogen (secondary N) is 1. The molecule has 7 nitrogen and oxygen atoms in total. The van der Waals surface area contributed by atoms with E-state index in [2.05, 4.69) is 22.3 Å². The number of rotatable bonds is 9. The summed E-state index contributed by atoms with van der Waals surface area (Å²) in [6, 6.07) is 18.9. The largest absolute Gasteiger partial charge is 0.467 e. The molecule has 176 valence electrons. The molecule has 1 N–H and O–H groups in total. The summed E-state index contributed by atoms with van der Waals surface area (Å²) in [5, 5.41) is 2.78. The normalized spacial score (nSPS) is 15.5. The van der Waals surface area contributed by atoms with Crippen molar-refractivity contribution in [2.75, 3.05) is 38.2 Å². The van der Waals surface area contributed by atoms with E-state index in [1.807, 2.05) is 60.4 Å². The third kappa shape index (κ3) is 7.34. The van der Waals surface area contributed by atoms with Gasteiger partial charge in [-0.05, 0) is 23.6 Å². The number of carbonyl (C=O) groups excluding carboxylic acids is 3. The molecule has 1 saturated heterocycles. The lowest BCUT2D eigenvalue weighted by atomic mass is 10.0. The quantitative estimate of drug-likeness (QED) is 0.593. The summed E-state index contributed by atoms with van der Waals surface area (Å²) in [4.78, 5) is 41.6. The van der Waals surface area contributed by atoms with E-state index in [9.17, 15) is 14.4 Å². The molecule has 0 aliphatic carbocycles. The SMILES string of the molecule is COC(=O)[C@@H](Cc1ccccc1)NC(=O)C[C@H](C)CC(=O)N1CCN(c2ccccc2)CC1. The Morgan fingerprint density at radius 2 is 1.52 bits per heavy atom. The number of benzene rings is 2. The van der Waals surface area contributed by atoms with Gasteiger partial charge in [0.25, 0.3) is 0 Å². The Morgan fingerprint density at radius 1 is 0.909 bits per heavy atom. The number of piperazine rings is 1. The van der Waals surface area contributed by atoms with E-state index < -0.39 is 12.0 Å². The molecular weight excluding hydrogens is 418 g/mol. The average molecular weight is 452 g/mol. The van der Waals surface area contributed by atoms with Crippen molar-refractivity contribution in [2.24, 2.45) is 5.92 Å². The molecule has 0 aromatic heterocycles. The van der Waals surface area contributed by atoms with Crippen LogP contribution in [-0.2, 0) is 25.5 Å². The Hall–Kier alpha value is -3.35. The van der Waals surface area contributed by atoms with Crippen molar-refractivity contribution >= 4 is 23.5 Å². The zero-order valence-corrected chi connectivity index (χ0v) is 19.4. The molecule has 0 bridgehead atoms. The van der Waals surface area contributed by atoms with Gasteiger partial charge in [0.15, 0.2) is 0 Å². The number of hydrogen-bond acceptors (Lipinski definition) is 5. The summed E-state index contributed by atoms with van der Waals surface area (Å²) >= 11 is 0. The van der Waals surface area contributed by atoms with Crippen molar-refractivity contribution in [3.8, 4) is 0 Å². The predicted octanol–water partition coefficient (Wildman–Crippen LogP) is 2.65. The average Bonchev–Trinajstić information content (AvgIpc) is 2.84. The lowest BCUT2D eigenvalue weighted by Crippen LogP contribution is -2.49. The van der Waals surface area contributed by atoms with Gasteiger partial charge in [-0.3, -0.25) is 9.59 Å². The van der Waals surface area contributed by atoms with Gasteiger partial charge in [-0.15, -0.1) is 0 Å². The third-order valence-corrected chi connectivity index (χ3v) is 5.91. The van der Waals surface area contributed by atoms with Gasteiger partial charge in [0.1, 0.15) is 6.04 Å². The number of nitrogens with zero attached hydrogens (tertiary/aromatic N) is 2. The summed E-state index contributed by atoms with van der Waals surface area (Å²) in [6.07, 6.45) is 0.844. The molecule has 2 atom stereocenters. The molecule has 1 aliphatic rings. The number of amides is 2. The van der Waals surface area contributed by atoms with Crippen LogP contribution in [0.2, 0.25) is 0 Å². The highest BCUT2D eigenvalue weighted by Gasteiger charge is 2.25. The third-order valence-electron chi connectivity index (χ3n) is 5.91. The first kappa shape index (κ1) is 24.3. The predicted molar refractivity (Wildman–Crippen MR) is 128 cm³/mol. The van der Waals surface area contributed by atoms with Crippen LogP contribution < -0.4 is 10.2 Å². The zero-order valence-electron chi connectivity index (χ0n) is 19.4. The molecule has 33 heavy (non-hydrogen) atoms. The van der Waals surface area contributed by atoms with Crippen molar-refractivity contribution < 1.29 is 19.1 Å². The first-order valence-electron chi connectivity index (χ1n) is 11.4. The molecule has 0 radical (unpaired) electrons. The zero-order chi connectivity index (χ0) is 23.6. The summed E-state index contributed by atoms with van der Waals surface area (Å²) in [5.41, 5.74) is 2.11. The van der Waals surface area contributed by atoms with Gasteiger partial charge < -0.3 is 19.9 Å². The first-order valence-corrected chi connectivity index (χ1v) is 11.4. The van der Waals surface area contributed by atoms with E-state index in [1.165, 1.54) is 12.8 Å². The molecule has 3 rings (SSSR count). The van der Waals surface area contributed by atoms with Gasteiger partial charge in [-0.2, -0.15) is 0 Å². The van der Waals surface area contributed by atoms with Gasteiger partial charge in [0.2, 0.25) is 11.8 Å². The molecule has 0 unspecified atom stereocenters. The number of carbonyl (C=O) groups is 3. The highest BCUT2D eigenvalue weighted by atomic mass is 16.5. The van der Waals surface area contributed by atoms with Gasteiger partial charge in [-0.25, -0.2) is 4.79 Å². The van der Waals surface area contributed by atoms with Crippen LogP contribution in [0, 0.1) is 5.92 Å². The fourth-order valence-corrected chi connectivity index (χ4v) is 4.11. The Kier molecular flexibility index (Phi) is 8.87. The highest BCUT2D eigenvalue weighted by Crippen LogP contribution is 2.17. The Balaban J connectivity index is 1.45. The smallest absolute Gasteiger partial charge is 0.328 e. The number of para-hydroxylation sites is 1. The van der Waals surface area contributed by atoms with Crippen LogP contribution in [-0.4, -0.2) is 62.0 Å². The molecule has 2 amide bonds. The summed E-state index contributed by atoms with van der Waals surface area (Å²) in [6.45, 7) is 4.83. The van der Waals surface area contributed by atoms with Gasteiger partial charge in [0, 0.05) is 51.1 Å². The molecule has 7 heteroatoms. The number of hydrogen-bond donors (Lipinski definition) is 1. The fraction of sp³-hybridized carbons (Fsp3) is 0.423. The van der Waals surface area contributed by atoms with Crippen molar-refractivity contribution in [3.63, 3.8) is 0 Å². The number of methoxy groups -OCH3 is 1. The summed E-state index contributed by atoms with van der Waals surface area (Å²) in [7, 11) is 1.31. The van der Waals surface area contributed by atoms with E-state index in [4.69, 9.17) is 4.74 Å². The summed E-state index contributed by atoms with van der Waals surface area (Å²) in [5.74, 6) is -0.792. The maximum Gasteiger partial charge on any atom is 0.328 e. The second-order valence-electron chi connectivity index (χ2n) is 8.55. The lowest BCUT2D eigenvalue weighted by molar-refractivity contribution is -0.145. The van der Waals surface area contributed by atoms with Gasteiger partial charge >= 0.3 is 5.97 Å². The molecular formula is C26H33N3O4. The van der Waals surface area contributed by atoms with Crippen molar-refractivity contribution in [2.45, 2.75) is 32.2 Å². The van der Waals surface area contributed by atoms with Crippen LogP contribution in [0.25, 0.3) is 0 Å². The van der Waals surface area contributed by atoms with E-state index >= 15 is 0 Å². The highest BCUT2D eigenvalue weighted by molar-refractivity contribution is 5.85. The van der Waals surface area contributed by atoms with E-state index in [1.54, 1.807) is 0 Å². The standard InChI is InChI=1S/C26H33N3O4/c1-20(17-24(30)27-23(26(32)33-2)19-21-9-5-3-6-10-21)18-25(31)29-15-13-28(14-16-29)22-11-7-4-8-12-22/h3-12,20,23H,13-19H2,1-2H3,(H,27,30)/t20-,23+/m0/s1. The van der Waals surface area contributed by atoms with Crippen LogP contribution in [0.15, 0.2) is 60.7 Å². The second-order valence-corrected chi connectivity index (χ2v) is 8.55. The van der Waals surface area contributed by atoms with Gasteiger partial charge in [-0.1, -0.05) is 55.5 Å². The van der Waals surface area contributed by atoms with Crippen LogP contribution in [0.1, 0.15) is 25.3 Å². The molecule has 2 aromatic rings. The first-order chi connectivity index (χ1) is 16.0. The molecule has 1 aliphatic heterocycles. The van der Waals surface area contributed by atoms with Crippen molar-refractivity contribution in [1.82, 2.24) is 10.2 Å². The Labute approximate surface area is 195 Å². The van der Waals surface area contributed by atoms with E-state index in [-0.39, 0.29) is 24.2 Å². The number of ether oxygens (including phenoxy) is 1. The van der Waals surface area contributed by atoms with Crippen LogP contribution in [0.3, 0.4) is 0 Å². The summed E-state index contributed by atoms with van der Waals surface area (Å²) < 4.78 is 4.86. The minimum atomic E-state index is -0.751. The molecule has 0 saturated carbocycles. The maximum absolute atomic E-state index is 12.8. The molecule has 2 aromatic carbocycles.